The lowest BCUT2D eigenvalue weighted by atomic mass is 10.0. The molecule has 3 amide bonds. The molecular formula is C36H38N6O7. The summed E-state index contributed by atoms with van der Waals surface area (Å²) in [5.41, 5.74) is 4.60. The Hall–Kier alpha value is -5.85. The second-order valence-corrected chi connectivity index (χ2v) is 12.1. The molecule has 0 unspecified atom stereocenters. The summed E-state index contributed by atoms with van der Waals surface area (Å²) in [7, 11) is 3.24. The smallest absolute Gasteiger partial charge is 0.415 e. The Morgan fingerprint density at radius 2 is 1.78 bits per heavy atom. The largest absolute Gasteiger partial charge is 0.493 e. The number of methoxy groups -OCH3 is 1. The van der Waals surface area contributed by atoms with Gasteiger partial charge in [0.15, 0.2) is 11.5 Å². The highest BCUT2D eigenvalue weighted by Crippen LogP contribution is 2.38. The first-order valence-corrected chi connectivity index (χ1v) is 16.1. The van der Waals surface area contributed by atoms with Crippen molar-refractivity contribution in [2.75, 3.05) is 30.9 Å². The fraction of sp³-hybridized carbons (Fsp3) is 0.306. The van der Waals surface area contributed by atoms with Gasteiger partial charge in [-0.3, -0.25) is 23.9 Å². The van der Waals surface area contributed by atoms with Crippen LogP contribution in [0.15, 0.2) is 65.9 Å². The normalized spacial score (nSPS) is 15.2. The first kappa shape index (κ1) is 33.1. The van der Waals surface area contributed by atoms with Crippen LogP contribution in [-0.4, -0.2) is 75.5 Å². The lowest BCUT2D eigenvalue weighted by Crippen LogP contribution is -2.43. The molecule has 13 nitrogen and oxygen atoms in total. The highest BCUT2D eigenvalue weighted by atomic mass is 16.5. The molecule has 49 heavy (non-hydrogen) atoms. The Kier molecular flexibility index (Phi) is 9.51. The van der Waals surface area contributed by atoms with E-state index < -0.39 is 6.09 Å². The number of nitrogens with one attached hydrogen (secondary N) is 2. The van der Waals surface area contributed by atoms with Crippen LogP contribution >= 0.6 is 0 Å². The third-order valence-electron chi connectivity index (χ3n) is 8.73. The topological polar surface area (TPSA) is 156 Å². The third kappa shape index (κ3) is 7.20. The van der Waals surface area contributed by atoms with E-state index in [4.69, 9.17) is 9.47 Å². The molecule has 2 aromatic carbocycles. The van der Waals surface area contributed by atoms with E-state index in [0.717, 1.165) is 35.0 Å². The van der Waals surface area contributed by atoms with Crippen LogP contribution < -0.4 is 20.1 Å². The van der Waals surface area contributed by atoms with Crippen LogP contribution in [0, 0.1) is 6.92 Å². The molecule has 3 N–H and O–H groups in total. The van der Waals surface area contributed by atoms with E-state index in [2.05, 4.69) is 15.6 Å². The lowest BCUT2D eigenvalue weighted by Gasteiger charge is -2.32. The van der Waals surface area contributed by atoms with E-state index in [-0.39, 0.29) is 36.8 Å². The fourth-order valence-corrected chi connectivity index (χ4v) is 6.16. The lowest BCUT2D eigenvalue weighted by molar-refractivity contribution is -0.116. The monoisotopic (exact) mass is 666 g/mol. The van der Waals surface area contributed by atoms with Gasteiger partial charge in [-0.05, 0) is 68.5 Å². The number of anilines is 2. The predicted octanol–water partition coefficient (Wildman–Crippen LogP) is 6.10. The Balaban J connectivity index is 1.01. The molecule has 1 saturated heterocycles. The predicted molar refractivity (Wildman–Crippen MR) is 185 cm³/mol. The molecule has 4 heterocycles. The van der Waals surface area contributed by atoms with E-state index in [0.29, 0.717) is 58.5 Å². The molecular weight excluding hydrogens is 628 g/mol. The van der Waals surface area contributed by atoms with Crippen molar-refractivity contribution < 1.29 is 33.8 Å². The standard InChI is InChI=1S/C36H38N6O7/c1-22-15-24(20-42(22)36(46)47)23-9-11-25(12-10-23)39-34(44)30-16-26(21-40(30)2)38-33(43)8-6-14-49-32-18-29-28(17-31(32)48-3)35(45)41-13-5-4-7-27(41)19-37-29/h9-12,15-21,27H,4-8,13-14H2,1-3H3,(H,38,43)(H,39,44)(H,46,47)/t27-/m0/s1. The highest BCUT2D eigenvalue weighted by Gasteiger charge is 2.31. The number of fused-ring (bicyclic) bond motifs is 2. The van der Waals surface area contributed by atoms with Gasteiger partial charge in [-0.15, -0.1) is 0 Å². The minimum Gasteiger partial charge on any atom is -0.493 e. The second kappa shape index (κ2) is 14.1. The number of aromatic nitrogens is 2. The number of benzene rings is 2. The number of nitrogens with zero attached hydrogens (tertiary/aromatic N) is 4. The zero-order valence-corrected chi connectivity index (χ0v) is 27.6. The van der Waals surface area contributed by atoms with E-state index in [1.54, 1.807) is 79.5 Å². The van der Waals surface area contributed by atoms with E-state index in [9.17, 15) is 24.3 Å². The number of carbonyl (C=O) groups is 4. The van der Waals surface area contributed by atoms with E-state index >= 15 is 0 Å². The minimum atomic E-state index is -1.05. The summed E-state index contributed by atoms with van der Waals surface area (Å²) in [6.45, 7) is 2.66. The van der Waals surface area contributed by atoms with Gasteiger partial charge in [0.05, 0.1) is 36.7 Å². The van der Waals surface area contributed by atoms with Gasteiger partial charge in [0.1, 0.15) is 5.69 Å². The van der Waals surface area contributed by atoms with Gasteiger partial charge < -0.3 is 34.7 Å². The minimum absolute atomic E-state index is 0.00583. The van der Waals surface area contributed by atoms with Gasteiger partial charge in [0, 0.05) is 61.6 Å². The van der Waals surface area contributed by atoms with Crippen LogP contribution in [0.4, 0.5) is 21.9 Å². The van der Waals surface area contributed by atoms with Crippen LogP contribution in [-0.2, 0) is 11.8 Å². The van der Waals surface area contributed by atoms with Crippen molar-refractivity contribution in [3.8, 4) is 22.6 Å². The molecule has 1 atom stereocenters. The van der Waals surface area contributed by atoms with Crippen molar-refractivity contribution >= 4 is 47.1 Å². The van der Waals surface area contributed by atoms with Gasteiger partial charge in [-0.25, -0.2) is 4.79 Å². The second-order valence-electron chi connectivity index (χ2n) is 12.1. The number of piperidine rings is 1. The van der Waals surface area contributed by atoms with Gasteiger partial charge in [-0.1, -0.05) is 12.1 Å². The van der Waals surface area contributed by atoms with Crippen LogP contribution in [0.1, 0.15) is 58.6 Å². The van der Waals surface area contributed by atoms with Crippen molar-refractivity contribution in [1.82, 2.24) is 14.0 Å². The number of ether oxygens (including phenoxy) is 2. The van der Waals surface area contributed by atoms with Crippen molar-refractivity contribution in [2.24, 2.45) is 12.0 Å². The molecule has 0 bridgehead atoms. The molecule has 2 aliphatic rings. The number of amides is 3. The van der Waals surface area contributed by atoms with Crippen molar-refractivity contribution in [1.29, 1.82) is 0 Å². The van der Waals surface area contributed by atoms with Gasteiger partial charge >= 0.3 is 6.09 Å². The Bertz CT molecular complexity index is 1940. The maximum atomic E-state index is 13.2. The van der Waals surface area contributed by atoms with E-state index in [1.807, 2.05) is 11.1 Å². The molecule has 1 fully saturated rings. The first-order valence-electron chi connectivity index (χ1n) is 16.1. The van der Waals surface area contributed by atoms with Gasteiger partial charge in [0.25, 0.3) is 11.8 Å². The number of rotatable bonds is 10. The number of carbonyl (C=O) groups excluding carboxylic acids is 3. The summed E-state index contributed by atoms with van der Waals surface area (Å²) in [6.07, 6.45) is 7.53. The molecule has 0 radical (unpaired) electrons. The quantitative estimate of drug-likeness (QED) is 0.173. The van der Waals surface area contributed by atoms with Crippen LogP contribution in [0.3, 0.4) is 0 Å². The zero-order chi connectivity index (χ0) is 34.7. The fourth-order valence-electron chi connectivity index (χ4n) is 6.16. The first-order chi connectivity index (χ1) is 23.6. The summed E-state index contributed by atoms with van der Waals surface area (Å²) < 4.78 is 14.3. The van der Waals surface area contributed by atoms with E-state index in [1.165, 1.54) is 7.11 Å². The average Bonchev–Trinajstić information content (AvgIpc) is 3.63. The molecule has 4 aromatic rings. The molecule has 6 rings (SSSR count). The summed E-state index contributed by atoms with van der Waals surface area (Å²) in [5, 5.41) is 15.0. The molecule has 2 aromatic heterocycles. The SMILES string of the molecule is COc1cc2c(cc1OCCCC(=O)Nc1cc(C(=O)Nc3ccc(-c4cc(C)n(C(=O)O)c4)cc3)n(C)c1)N=C[C@@H]1CCCCN1C2=O. The third-order valence-corrected chi connectivity index (χ3v) is 8.73. The molecule has 2 aliphatic heterocycles. The summed E-state index contributed by atoms with van der Waals surface area (Å²) >= 11 is 0. The number of hydrogen-bond donors (Lipinski definition) is 3. The Labute approximate surface area is 283 Å². The van der Waals surface area contributed by atoms with Crippen molar-refractivity contribution in [3.63, 3.8) is 0 Å². The molecule has 0 aliphatic carbocycles. The molecule has 0 saturated carbocycles. The van der Waals surface area contributed by atoms with Crippen molar-refractivity contribution in [2.45, 2.75) is 45.1 Å². The van der Waals surface area contributed by atoms with Crippen molar-refractivity contribution in [3.05, 3.63) is 77.9 Å². The summed E-state index contributed by atoms with van der Waals surface area (Å²) in [6, 6.07) is 13.9. The highest BCUT2D eigenvalue weighted by molar-refractivity contribution is 6.05. The molecule has 0 spiro atoms. The van der Waals surface area contributed by atoms with Gasteiger partial charge in [0.2, 0.25) is 5.91 Å². The maximum absolute atomic E-state index is 13.2. The number of carboxylic acid groups (broad SMARTS) is 1. The number of hydrogen-bond acceptors (Lipinski definition) is 7. The maximum Gasteiger partial charge on any atom is 0.415 e. The van der Waals surface area contributed by atoms with Crippen LogP contribution in [0.5, 0.6) is 11.5 Å². The Morgan fingerprint density at radius 1 is 0.980 bits per heavy atom. The number of aliphatic imine (C=N–C) groups is 1. The summed E-state index contributed by atoms with van der Waals surface area (Å²) in [5.74, 6) is 0.237. The summed E-state index contributed by atoms with van der Waals surface area (Å²) in [4.78, 5) is 56.8. The van der Waals surface area contributed by atoms with Crippen LogP contribution in [0.25, 0.3) is 11.1 Å². The van der Waals surface area contributed by atoms with Crippen LogP contribution in [0.2, 0.25) is 0 Å². The Morgan fingerprint density at radius 3 is 2.51 bits per heavy atom. The average molecular weight is 667 g/mol. The molecule has 254 valence electrons. The zero-order valence-electron chi connectivity index (χ0n) is 27.6. The number of aryl methyl sites for hydroxylation is 2. The van der Waals surface area contributed by atoms with Gasteiger partial charge in [-0.2, -0.15) is 0 Å². The molecule has 13 heteroatoms.